The van der Waals surface area contributed by atoms with Gasteiger partial charge in [0.15, 0.2) is 0 Å². The van der Waals surface area contributed by atoms with Crippen molar-refractivity contribution in [2.45, 2.75) is 0 Å². The second-order valence-electron chi connectivity index (χ2n) is 6.98. The molecule has 0 radical (unpaired) electrons. The van der Waals surface area contributed by atoms with Crippen molar-refractivity contribution in [2.75, 3.05) is 24.7 Å². The highest BCUT2D eigenvalue weighted by Gasteiger charge is 2.16. The average Bonchev–Trinajstić information content (AvgIpc) is 2.70. The van der Waals surface area contributed by atoms with Gasteiger partial charge in [0.05, 0.1) is 26.6 Å². The highest BCUT2D eigenvalue weighted by Crippen LogP contribution is 2.36. The van der Waals surface area contributed by atoms with E-state index in [1.54, 1.807) is 38.4 Å². The molecule has 4 aromatic rings. The molecule has 0 saturated carbocycles. The number of H-pyrrole nitrogens is 1. The number of carbonyl (C=O) groups excluding carboxylic acids is 1. The van der Waals surface area contributed by atoms with Crippen molar-refractivity contribution in [1.82, 2.24) is 14.9 Å². The van der Waals surface area contributed by atoms with Crippen LogP contribution in [0.1, 0.15) is 0 Å². The summed E-state index contributed by atoms with van der Waals surface area (Å²) in [6.45, 7) is 0. The summed E-state index contributed by atoms with van der Waals surface area (Å²) >= 11 is 12.3. The number of halogens is 3. The predicted molar refractivity (Wildman–Crippen MR) is 122 cm³/mol. The Bertz CT molecular complexity index is 1380. The van der Waals surface area contributed by atoms with Crippen LogP contribution >= 0.6 is 23.2 Å². The standard InChI is InChI=1S/C21H16Cl2FN5O2/c1-29(2)21(31)26-11-3-4-16-13(9-11)17-12(5-6-25-20(17)30)19(27-16)28-18-14(22)7-10(24)8-15(18)23/h3-9H,1-2H3,(H,25,30)(H,26,31)(H,27,28). The van der Waals surface area contributed by atoms with Crippen molar-refractivity contribution < 1.29 is 9.18 Å². The van der Waals surface area contributed by atoms with Crippen LogP contribution in [0.15, 0.2) is 47.4 Å². The second kappa shape index (κ2) is 8.05. The Labute approximate surface area is 185 Å². The highest BCUT2D eigenvalue weighted by atomic mass is 35.5. The van der Waals surface area contributed by atoms with Gasteiger partial charge in [-0.05, 0) is 36.4 Å². The molecule has 0 aliphatic carbocycles. The van der Waals surface area contributed by atoms with Gasteiger partial charge in [-0.3, -0.25) is 4.79 Å². The van der Waals surface area contributed by atoms with E-state index in [9.17, 15) is 14.0 Å². The number of nitrogens with one attached hydrogen (secondary N) is 3. The van der Waals surface area contributed by atoms with E-state index < -0.39 is 5.82 Å². The lowest BCUT2D eigenvalue weighted by molar-refractivity contribution is 0.230. The minimum absolute atomic E-state index is 0.0756. The molecule has 2 aromatic carbocycles. The zero-order valence-corrected chi connectivity index (χ0v) is 17.9. The van der Waals surface area contributed by atoms with Crippen molar-refractivity contribution in [3.63, 3.8) is 0 Å². The minimum atomic E-state index is -0.569. The SMILES string of the molecule is CN(C)C(=O)Nc1ccc2nc(Nc3c(Cl)cc(F)cc3Cl)c3cc[nH]c(=O)c3c2c1. The maximum Gasteiger partial charge on any atom is 0.321 e. The van der Waals surface area contributed by atoms with Crippen LogP contribution in [0.2, 0.25) is 10.0 Å². The number of amides is 2. The third-order valence-corrected chi connectivity index (χ3v) is 5.22. The molecule has 0 fully saturated rings. The van der Waals surface area contributed by atoms with E-state index in [0.717, 1.165) is 12.1 Å². The van der Waals surface area contributed by atoms with E-state index in [2.05, 4.69) is 20.6 Å². The third kappa shape index (κ3) is 3.99. The van der Waals surface area contributed by atoms with Gasteiger partial charge in [-0.2, -0.15) is 0 Å². The number of hydrogen-bond acceptors (Lipinski definition) is 4. The van der Waals surface area contributed by atoms with Gasteiger partial charge in [-0.25, -0.2) is 14.2 Å². The van der Waals surface area contributed by atoms with E-state index in [4.69, 9.17) is 23.2 Å². The molecule has 0 aliphatic rings. The maximum absolute atomic E-state index is 13.5. The maximum atomic E-state index is 13.5. The molecule has 2 aromatic heterocycles. The molecule has 0 bridgehead atoms. The summed E-state index contributed by atoms with van der Waals surface area (Å²) in [6, 6.07) is 8.69. The van der Waals surface area contributed by atoms with Gasteiger partial charge < -0.3 is 20.5 Å². The first-order valence-corrected chi connectivity index (χ1v) is 9.85. The number of nitrogens with zero attached hydrogens (tertiary/aromatic N) is 2. The van der Waals surface area contributed by atoms with Crippen LogP contribution in [0, 0.1) is 5.82 Å². The number of urea groups is 1. The molecule has 0 aliphatic heterocycles. The second-order valence-corrected chi connectivity index (χ2v) is 7.80. The molecule has 10 heteroatoms. The normalized spacial score (nSPS) is 11.0. The summed E-state index contributed by atoms with van der Waals surface area (Å²) in [7, 11) is 3.25. The molecule has 0 spiro atoms. The lowest BCUT2D eigenvalue weighted by Gasteiger charge is -2.15. The summed E-state index contributed by atoms with van der Waals surface area (Å²) in [6.07, 6.45) is 1.49. The van der Waals surface area contributed by atoms with Gasteiger partial charge in [0, 0.05) is 36.8 Å². The van der Waals surface area contributed by atoms with Crippen LogP contribution in [0.25, 0.3) is 21.7 Å². The molecule has 2 heterocycles. The zero-order valence-electron chi connectivity index (χ0n) is 16.4. The highest BCUT2D eigenvalue weighted by molar-refractivity contribution is 6.39. The fraction of sp³-hybridized carbons (Fsp3) is 0.0952. The molecule has 2 amide bonds. The van der Waals surface area contributed by atoms with Gasteiger partial charge in [0.1, 0.15) is 11.6 Å². The molecule has 31 heavy (non-hydrogen) atoms. The monoisotopic (exact) mass is 459 g/mol. The van der Waals surface area contributed by atoms with Crippen LogP contribution in [-0.4, -0.2) is 35.0 Å². The lowest BCUT2D eigenvalue weighted by Crippen LogP contribution is -2.27. The fourth-order valence-corrected chi connectivity index (χ4v) is 3.70. The number of fused-ring (bicyclic) bond motifs is 3. The van der Waals surface area contributed by atoms with Crippen molar-refractivity contribution in [1.29, 1.82) is 0 Å². The fourth-order valence-electron chi connectivity index (χ4n) is 3.15. The first kappa shape index (κ1) is 20.9. The molecule has 0 atom stereocenters. The summed E-state index contributed by atoms with van der Waals surface area (Å²) in [5, 5.41) is 7.35. The van der Waals surface area contributed by atoms with E-state index in [1.807, 2.05) is 0 Å². The Balaban J connectivity index is 1.91. The van der Waals surface area contributed by atoms with Crippen molar-refractivity contribution in [2.24, 2.45) is 0 Å². The van der Waals surface area contributed by atoms with Crippen LogP contribution in [0.5, 0.6) is 0 Å². The molecule has 7 nitrogen and oxygen atoms in total. The smallest absolute Gasteiger partial charge is 0.321 e. The molecular weight excluding hydrogens is 444 g/mol. The number of benzene rings is 2. The number of anilines is 3. The Morgan fingerprint density at radius 3 is 2.48 bits per heavy atom. The van der Waals surface area contributed by atoms with E-state index in [-0.39, 0.29) is 27.3 Å². The Morgan fingerprint density at radius 1 is 1.10 bits per heavy atom. The zero-order chi connectivity index (χ0) is 22.3. The van der Waals surface area contributed by atoms with Crippen molar-refractivity contribution in [3.8, 4) is 0 Å². The molecular formula is C21H16Cl2FN5O2. The number of rotatable bonds is 3. The van der Waals surface area contributed by atoms with Crippen LogP contribution in [0.4, 0.5) is 26.4 Å². The molecule has 0 unspecified atom stereocenters. The first-order valence-electron chi connectivity index (χ1n) is 9.09. The lowest BCUT2D eigenvalue weighted by atomic mass is 10.1. The quantitative estimate of drug-likeness (QED) is 0.359. The van der Waals surface area contributed by atoms with Gasteiger partial charge in [0.25, 0.3) is 5.56 Å². The third-order valence-electron chi connectivity index (χ3n) is 4.62. The number of aromatic nitrogens is 2. The van der Waals surface area contributed by atoms with Crippen LogP contribution in [-0.2, 0) is 0 Å². The average molecular weight is 460 g/mol. The summed E-state index contributed by atoms with van der Waals surface area (Å²) < 4.78 is 13.5. The number of carbonyl (C=O) groups is 1. The summed E-state index contributed by atoms with van der Waals surface area (Å²) in [5.41, 5.74) is 0.958. The number of hydrogen-bond donors (Lipinski definition) is 3. The van der Waals surface area contributed by atoms with Crippen molar-refractivity contribution in [3.05, 3.63) is 68.8 Å². The van der Waals surface area contributed by atoms with Gasteiger partial charge in [0.2, 0.25) is 0 Å². The summed E-state index contributed by atoms with van der Waals surface area (Å²) in [5.74, 6) is -0.241. The molecule has 0 saturated heterocycles. The van der Waals surface area contributed by atoms with E-state index in [0.29, 0.717) is 33.2 Å². The van der Waals surface area contributed by atoms with Gasteiger partial charge in [-0.15, -0.1) is 0 Å². The number of aromatic amines is 1. The Morgan fingerprint density at radius 2 is 1.81 bits per heavy atom. The Hall–Kier alpha value is -3.36. The minimum Gasteiger partial charge on any atom is -0.337 e. The first-order chi connectivity index (χ1) is 14.7. The number of pyridine rings is 2. The van der Waals surface area contributed by atoms with Gasteiger partial charge >= 0.3 is 6.03 Å². The predicted octanol–water partition coefficient (Wildman–Crippen LogP) is 5.36. The van der Waals surface area contributed by atoms with E-state index in [1.165, 1.54) is 11.1 Å². The molecule has 158 valence electrons. The van der Waals surface area contributed by atoms with Gasteiger partial charge in [-0.1, -0.05) is 23.2 Å². The largest absolute Gasteiger partial charge is 0.337 e. The topological polar surface area (TPSA) is 90.1 Å². The molecule has 4 rings (SSSR count). The van der Waals surface area contributed by atoms with Crippen LogP contribution < -0.4 is 16.2 Å². The van der Waals surface area contributed by atoms with E-state index >= 15 is 0 Å². The summed E-state index contributed by atoms with van der Waals surface area (Å²) in [4.78, 5) is 33.4. The molecule has 3 N–H and O–H groups in total. The Kier molecular flexibility index (Phi) is 5.43. The van der Waals surface area contributed by atoms with Crippen molar-refractivity contribution >= 4 is 68.1 Å². The van der Waals surface area contributed by atoms with Crippen LogP contribution in [0.3, 0.4) is 0 Å².